The molecule has 10 nitrogen and oxygen atoms in total. The minimum atomic E-state index is -6.02. The average Bonchev–Trinajstić information content (AvgIpc) is 2.77. The molecule has 0 rings (SSSR count). The summed E-state index contributed by atoms with van der Waals surface area (Å²) in [6, 6.07) is 0. The van der Waals surface area contributed by atoms with Crippen LogP contribution in [0.1, 0.15) is 25.7 Å². The summed E-state index contributed by atoms with van der Waals surface area (Å²) in [6.07, 6.45) is -33.1. The van der Waals surface area contributed by atoms with E-state index in [0.717, 1.165) is 0 Å². The molecule has 0 aliphatic heterocycles. The standard InChI is InChI=1S/C22H32F14N4O6/c1-39(2,13-7-9-37-15(41)17(23,24)43-21(33,34)45-19(27,28)29)11-5-6-12-40(3,4)14-8-10-38-16(42)18(25,26)44-22(35,36)46-20(30,31)32/h5-14H2,1-4H3/p+2. The molecule has 0 aliphatic rings. The summed E-state index contributed by atoms with van der Waals surface area (Å²) in [5.74, 6) is -4.83. The number of carbonyl (C=O) groups excluding carboxylic acids is 2. The summed E-state index contributed by atoms with van der Waals surface area (Å²) in [7, 11) is 6.95. The summed E-state index contributed by atoms with van der Waals surface area (Å²) < 4.78 is 186. The first-order chi connectivity index (χ1) is 20.3. The first kappa shape index (κ1) is 43.7. The number of alkyl halides is 14. The van der Waals surface area contributed by atoms with Gasteiger partial charge in [0.05, 0.1) is 54.4 Å². The molecule has 0 saturated carbocycles. The molecule has 0 fully saturated rings. The minimum Gasteiger partial charge on any atom is -0.348 e. The van der Waals surface area contributed by atoms with E-state index >= 15 is 0 Å². The van der Waals surface area contributed by atoms with Crippen molar-refractivity contribution in [3.05, 3.63) is 0 Å². The van der Waals surface area contributed by atoms with E-state index in [2.05, 4.69) is 18.9 Å². The van der Waals surface area contributed by atoms with Gasteiger partial charge in [0.1, 0.15) is 0 Å². The fourth-order valence-corrected chi connectivity index (χ4v) is 3.63. The third-order valence-corrected chi connectivity index (χ3v) is 5.72. The molecule has 274 valence electrons. The molecule has 2 N–H and O–H groups in total. The quantitative estimate of drug-likeness (QED) is 0.0796. The molecule has 0 aromatic rings. The number of ether oxygens (including phenoxy) is 4. The Balaban J connectivity index is 4.43. The van der Waals surface area contributed by atoms with Gasteiger partial charge in [0, 0.05) is 38.8 Å². The van der Waals surface area contributed by atoms with E-state index in [0.29, 0.717) is 34.9 Å². The number of carbonyl (C=O) groups is 2. The van der Waals surface area contributed by atoms with Gasteiger partial charge < -0.3 is 19.6 Å². The first-order valence-electron chi connectivity index (χ1n) is 12.9. The Kier molecular flexibility index (Phi) is 15.4. The maximum atomic E-state index is 13.4. The average molecular weight is 717 g/mol. The number of nitrogens with one attached hydrogen (secondary N) is 2. The van der Waals surface area contributed by atoms with Crippen molar-refractivity contribution in [2.24, 2.45) is 0 Å². The Labute approximate surface area is 253 Å². The lowest BCUT2D eigenvalue weighted by Gasteiger charge is -2.32. The van der Waals surface area contributed by atoms with Crippen LogP contribution in [-0.4, -0.2) is 126 Å². The van der Waals surface area contributed by atoms with E-state index in [9.17, 15) is 71.1 Å². The van der Waals surface area contributed by atoms with Crippen LogP contribution in [0.4, 0.5) is 61.5 Å². The molecule has 2 amide bonds. The molecule has 0 heterocycles. The molecule has 0 aromatic heterocycles. The molecule has 0 aromatic carbocycles. The van der Waals surface area contributed by atoms with Gasteiger partial charge in [-0.05, 0) is 0 Å². The fourth-order valence-electron chi connectivity index (χ4n) is 3.63. The van der Waals surface area contributed by atoms with Crippen LogP contribution >= 0.6 is 0 Å². The van der Waals surface area contributed by atoms with Gasteiger partial charge in [-0.1, -0.05) is 0 Å². The van der Waals surface area contributed by atoms with Crippen molar-refractivity contribution in [3.8, 4) is 0 Å². The zero-order valence-corrected chi connectivity index (χ0v) is 24.7. The van der Waals surface area contributed by atoms with Gasteiger partial charge in [0.15, 0.2) is 0 Å². The summed E-state index contributed by atoms with van der Waals surface area (Å²) in [5, 5.41) is 3.15. The highest BCUT2D eigenvalue weighted by Gasteiger charge is 2.57. The third-order valence-electron chi connectivity index (χ3n) is 5.72. The van der Waals surface area contributed by atoms with Crippen molar-refractivity contribution in [1.29, 1.82) is 0 Å². The normalized spacial score (nSPS) is 14.4. The number of hydrogen-bond acceptors (Lipinski definition) is 6. The van der Waals surface area contributed by atoms with Crippen molar-refractivity contribution in [3.63, 3.8) is 0 Å². The van der Waals surface area contributed by atoms with Crippen LogP contribution in [0.25, 0.3) is 0 Å². The zero-order valence-electron chi connectivity index (χ0n) is 24.7. The maximum Gasteiger partial charge on any atom is 0.529 e. The van der Waals surface area contributed by atoms with E-state index in [1.54, 1.807) is 38.8 Å². The summed E-state index contributed by atoms with van der Waals surface area (Å²) in [5.41, 5.74) is 0. The highest BCUT2D eigenvalue weighted by molar-refractivity contribution is 5.82. The van der Waals surface area contributed by atoms with Crippen LogP contribution in [0.3, 0.4) is 0 Å². The van der Waals surface area contributed by atoms with Gasteiger partial charge in [0.25, 0.3) is 0 Å². The van der Waals surface area contributed by atoms with Crippen molar-refractivity contribution >= 4 is 11.8 Å². The zero-order chi connectivity index (χ0) is 36.5. The summed E-state index contributed by atoms with van der Waals surface area (Å²) >= 11 is 0. The van der Waals surface area contributed by atoms with Crippen LogP contribution < -0.4 is 10.6 Å². The third kappa shape index (κ3) is 20.1. The van der Waals surface area contributed by atoms with E-state index in [-0.39, 0.29) is 25.9 Å². The molecule has 0 bridgehead atoms. The number of unbranched alkanes of at least 4 members (excludes halogenated alkanes) is 1. The molecule has 0 aliphatic carbocycles. The number of amides is 2. The second-order valence-electron chi connectivity index (χ2n) is 11.0. The van der Waals surface area contributed by atoms with Gasteiger partial charge in [0.2, 0.25) is 0 Å². The second-order valence-corrected chi connectivity index (χ2v) is 11.0. The van der Waals surface area contributed by atoms with Gasteiger partial charge in [-0.15, -0.1) is 43.9 Å². The van der Waals surface area contributed by atoms with Crippen molar-refractivity contribution in [2.75, 3.05) is 67.5 Å². The van der Waals surface area contributed by atoms with Crippen LogP contribution in [0.15, 0.2) is 0 Å². The Bertz CT molecular complexity index is 902. The molecule has 24 heteroatoms. The number of nitrogens with zero attached hydrogens (tertiary/aromatic N) is 2. The van der Waals surface area contributed by atoms with Crippen LogP contribution in [0.5, 0.6) is 0 Å². The van der Waals surface area contributed by atoms with Crippen LogP contribution in [0.2, 0.25) is 0 Å². The SMILES string of the molecule is C[N+](C)(CCCC[N+](C)(C)CCCNC(=O)C(F)(F)OC(F)(F)OC(F)(F)F)CCCNC(=O)C(F)(F)OC(F)(F)OC(F)(F)F. The van der Waals surface area contributed by atoms with E-state index < -0.39 is 62.4 Å². The minimum absolute atomic E-state index is 0.0502. The van der Waals surface area contributed by atoms with Gasteiger partial charge in [-0.3, -0.25) is 9.59 Å². The van der Waals surface area contributed by atoms with Crippen molar-refractivity contribution in [1.82, 2.24) is 10.6 Å². The Morgan fingerprint density at radius 1 is 0.478 bits per heavy atom. The lowest BCUT2D eigenvalue weighted by molar-refractivity contribution is -0.896. The molecule has 0 atom stereocenters. The Hall–Kier alpha value is -2.28. The van der Waals surface area contributed by atoms with Gasteiger partial charge >= 0.3 is 49.3 Å². The molecule has 46 heavy (non-hydrogen) atoms. The lowest BCUT2D eigenvalue weighted by atomic mass is 10.2. The molecule has 0 radical (unpaired) electrons. The summed E-state index contributed by atoms with van der Waals surface area (Å²) in [4.78, 5) is 22.8. The maximum absolute atomic E-state index is 13.4. The van der Waals surface area contributed by atoms with E-state index in [4.69, 9.17) is 0 Å². The van der Waals surface area contributed by atoms with Crippen molar-refractivity contribution in [2.45, 2.75) is 63.2 Å². The first-order valence-corrected chi connectivity index (χ1v) is 12.9. The molecule has 0 saturated heterocycles. The van der Waals surface area contributed by atoms with Gasteiger partial charge in [-0.2, -0.15) is 27.0 Å². The number of rotatable bonds is 21. The number of hydrogen-bond donors (Lipinski definition) is 2. The topological polar surface area (TPSA) is 95.1 Å². The van der Waals surface area contributed by atoms with E-state index in [1.165, 1.54) is 0 Å². The highest BCUT2D eigenvalue weighted by Crippen LogP contribution is 2.35. The largest absolute Gasteiger partial charge is 0.529 e. The second kappa shape index (κ2) is 16.2. The Morgan fingerprint density at radius 2 is 0.739 bits per heavy atom. The number of quaternary nitrogens is 2. The van der Waals surface area contributed by atoms with E-state index in [1.807, 2.05) is 0 Å². The smallest absolute Gasteiger partial charge is 0.348 e. The molecule has 0 spiro atoms. The molecular formula is C22H34F14N4O6+2. The van der Waals surface area contributed by atoms with Crippen LogP contribution in [-0.2, 0) is 28.5 Å². The molecule has 0 unspecified atom stereocenters. The summed E-state index contributed by atoms with van der Waals surface area (Å²) in [6.45, 7) is 0.659. The lowest BCUT2D eigenvalue weighted by Crippen LogP contribution is -2.49. The predicted octanol–water partition coefficient (Wildman–Crippen LogP) is 4.32. The predicted molar refractivity (Wildman–Crippen MR) is 124 cm³/mol. The van der Waals surface area contributed by atoms with Crippen LogP contribution in [0, 0.1) is 0 Å². The number of halogens is 14. The highest BCUT2D eigenvalue weighted by atomic mass is 19.4. The monoisotopic (exact) mass is 716 g/mol. The van der Waals surface area contributed by atoms with Gasteiger partial charge in [-0.25, -0.2) is 9.47 Å². The molecular weight excluding hydrogens is 682 g/mol. The van der Waals surface area contributed by atoms with Crippen molar-refractivity contribution < 1.29 is 99.0 Å². The Morgan fingerprint density at radius 3 is 1.00 bits per heavy atom. The fraction of sp³-hybridized carbons (Fsp3) is 0.909.